The molecule has 5 aromatic rings. The van der Waals surface area contributed by atoms with Gasteiger partial charge in [-0.1, -0.05) is 42.5 Å². The number of rotatable bonds is 1. The number of para-hydroxylation sites is 2. The molecule has 2 aromatic heterocycles. The van der Waals surface area contributed by atoms with E-state index in [4.69, 9.17) is 0 Å². The molecular weight excluding hydrogens is 330 g/mol. The Balaban J connectivity index is 1.58. The fraction of sp³-hybridized carbons (Fsp3) is 0.167. The van der Waals surface area contributed by atoms with Crippen LogP contribution >= 0.6 is 0 Å². The number of quaternary nitrogens is 1. The summed E-state index contributed by atoms with van der Waals surface area (Å²) in [7, 11) is 2.16. The van der Waals surface area contributed by atoms with Crippen LogP contribution in [0.4, 0.5) is 0 Å². The van der Waals surface area contributed by atoms with E-state index in [-0.39, 0.29) is 0 Å². The summed E-state index contributed by atoms with van der Waals surface area (Å²) in [5, 5.41) is 6.55. The fourth-order valence-electron chi connectivity index (χ4n) is 4.95. The number of H-pyrrole nitrogens is 1. The lowest BCUT2D eigenvalue weighted by atomic mass is 9.93. The second-order valence-electron chi connectivity index (χ2n) is 7.67. The number of nitrogens with one attached hydrogen (secondary N) is 1. The molecular formula is C24H22N3+. The van der Waals surface area contributed by atoms with Crippen LogP contribution in [0.1, 0.15) is 22.9 Å². The SMILES string of the molecule is Cn1c2ccccc2c2cc([C@H]3[NH2+]CCc4c3[nH]c3ccccc43)ccc21. The Kier molecular flexibility index (Phi) is 3.06. The highest BCUT2D eigenvalue weighted by Gasteiger charge is 2.28. The topological polar surface area (TPSA) is 37.3 Å². The summed E-state index contributed by atoms with van der Waals surface area (Å²) >= 11 is 0. The number of nitrogens with zero attached hydrogens (tertiary/aromatic N) is 1. The minimum Gasteiger partial charge on any atom is -0.353 e. The average molecular weight is 352 g/mol. The molecule has 3 nitrogen and oxygen atoms in total. The van der Waals surface area contributed by atoms with Crippen molar-refractivity contribution in [1.29, 1.82) is 0 Å². The molecule has 0 unspecified atom stereocenters. The molecule has 0 radical (unpaired) electrons. The van der Waals surface area contributed by atoms with Crippen molar-refractivity contribution in [3.8, 4) is 0 Å². The van der Waals surface area contributed by atoms with Crippen LogP contribution in [-0.2, 0) is 13.5 Å². The monoisotopic (exact) mass is 352 g/mol. The van der Waals surface area contributed by atoms with Crippen molar-refractivity contribution in [2.45, 2.75) is 12.5 Å². The number of hydrogen-bond donors (Lipinski definition) is 2. The summed E-state index contributed by atoms with van der Waals surface area (Å²) in [4.78, 5) is 3.72. The van der Waals surface area contributed by atoms with E-state index in [2.05, 4.69) is 88.6 Å². The summed E-state index contributed by atoms with van der Waals surface area (Å²) in [6, 6.07) is 24.7. The minimum atomic E-state index is 0.338. The molecule has 0 saturated carbocycles. The molecule has 0 saturated heterocycles. The first-order valence-corrected chi connectivity index (χ1v) is 9.71. The molecule has 1 atom stereocenters. The van der Waals surface area contributed by atoms with Gasteiger partial charge >= 0.3 is 0 Å². The highest BCUT2D eigenvalue weighted by molar-refractivity contribution is 6.08. The number of aryl methyl sites for hydroxylation is 1. The average Bonchev–Trinajstić information content (AvgIpc) is 3.24. The van der Waals surface area contributed by atoms with E-state index in [0.717, 1.165) is 13.0 Å². The third-order valence-corrected chi connectivity index (χ3v) is 6.25. The molecule has 27 heavy (non-hydrogen) atoms. The molecule has 3 aromatic carbocycles. The number of fused-ring (bicyclic) bond motifs is 6. The van der Waals surface area contributed by atoms with Gasteiger partial charge in [-0.25, -0.2) is 0 Å². The van der Waals surface area contributed by atoms with E-state index in [9.17, 15) is 0 Å². The number of nitrogens with two attached hydrogens (primary N) is 1. The Bertz CT molecular complexity index is 1320. The molecule has 132 valence electrons. The second kappa shape index (κ2) is 5.48. The molecule has 1 aliphatic heterocycles. The molecule has 3 N–H and O–H groups in total. The molecule has 6 rings (SSSR count). The van der Waals surface area contributed by atoms with Crippen LogP contribution in [-0.4, -0.2) is 16.1 Å². The predicted molar refractivity (Wildman–Crippen MR) is 111 cm³/mol. The number of aromatic nitrogens is 2. The van der Waals surface area contributed by atoms with Gasteiger partial charge in [0.25, 0.3) is 0 Å². The van der Waals surface area contributed by atoms with Crippen molar-refractivity contribution >= 4 is 32.7 Å². The first-order valence-electron chi connectivity index (χ1n) is 9.71. The van der Waals surface area contributed by atoms with Crippen LogP contribution < -0.4 is 5.32 Å². The van der Waals surface area contributed by atoms with Gasteiger partial charge in [-0.3, -0.25) is 0 Å². The third-order valence-electron chi connectivity index (χ3n) is 6.25. The van der Waals surface area contributed by atoms with E-state index in [1.807, 2.05) is 0 Å². The highest BCUT2D eigenvalue weighted by Crippen LogP contribution is 2.34. The summed E-state index contributed by atoms with van der Waals surface area (Å²) in [6.07, 6.45) is 1.13. The van der Waals surface area contributed by atoms with E-state index in [1.165, 1.54) is 49.5 Å². The first-order chi connectivity index (χ1) is 13.3. The molecule has 1 aliphatic rings. The molecule has 0 aliphatic carbocycles. The van der Waals surface area contributed by atoms with Crippen molar-refractivity contribution in [3.63, 3.8) is 0 Å². The van der Waals surface area contributed by atoms with Crippen LogP contribution in [0.15, 0.2) is 66.7 Å². The van der Waals surface area contributed by atoms with Gasteiger partial charge in [-0.15, -0.1) is 0 Å². The smallest absolute Gasteiger partial charge is 0.153 e. The predicted octanol–water partition coefficient (Wildman–Crippen LogP) is 4.02. The highest BCUT2D eigenvalue weighted by atomic mass is 15.0. The minimum absolute atomic E-state index is 0.338. The summed E-state index contributed by atoms with van der Waals surface area (Å²) < 4.78 is 2.30. The van der Waals surface area contributed by atoms with Crippen molar-refractivity contribution in [1.82, 2.24) is 9.55 Å². The number of aromatic amines is 1. The Morgan fingerprint density at radius 1 is 0.889 bits per heavy atom. The first kappa shape index (κ1) is 15.1. The summed E-state index contributed by atoms with van der Waals surface area (Å²) in [6.45, 7) is 1.13. The van der Waals surface area contributed by atoms with Crippen LogP contribution in [0, 0.1) is 0 Å². The van der Waals surface area contributed by atoms with Crippen molar-refractivity contribution < 1.29 is 5.32 Å². The van der Waals surface area contributed by atoms with Gasteiger partial charge in [-0.05, 0) is 29.8 Å². The molecule has 0 spiro atoms. The van der Waals surface area contributed by atoms with E-state index in [1.54, 1.807) is 0 Å². The van der Waals surface area contributed by atoms with Crippen LogP contribution in [0.2, 0.25) is 0 Å². The lowest BCUT2D eigenvalue weighted by Crippen LogP contribution is -2.87. The summed E-state index contributed by atoms with van der Waals surface area (Å²) in [5.74, 6) is 0. The fourth-order valence-corrected chi connectivity index (χ4v) is 4.95. The van der Waals surface area contributed by atoms with Crippen molar-refractivity contribution in [3.05, 3.63) is 83.6 Å². The molecule has 3 heteroatoms. The molecule has 3 heterocycles. The Labute approximate surface area is 157 Å². The maximum Gasteiger partial charge on any atom is 0.153 e. The summed E-state index contributed by atoms with van der Waals surface area (Å²) in [5.41, 5.74) is 8.11. The van der Waals surface area contributed by atoms with Crippen molar-refractivity contribution in [2.24, 2.45) is 7.05 Å². The van der Waals surface area contributed by atoms with Gasteiger partial charge in [0, 0.05) is 51.7 Å². The zero-order valence-corrected chi connectivity index (χ0v) is 15.4. The normalized spacial score (nSPS) is 17.0. The standard InChI is InChI=1S/C24H21N3/c1-27-21-9-5-3-7-17(21)19-14-15(10-11-22(19)27)23-24-18(12-13-25-23)16-6-2-4-8-20(16)26-24/h2-11,14,23,25-26H,12-13H2,1H3/p+1/t23-/m1/s1. The number of benzene rings is 3. The van der Waals surface area contributed by atoms with Crippen LogP contribution in [0.25, 0.3) is 32.7 Å². The maximum absolute atomic E-state index is 3.72. The molecule has 0 fully saturated rings. The number of hydrogen-bond acceptors (Lipinski definition) is 0. The zero-order valence-electron chi connectivity index (χ0n) is 15.4. The van der Waals surface area contributed by atoms with E-state index in [0.29, 0.717) is 6.04 Å². The Morgan fingerprint density at radius 3 is 2.59 bits per heavy atom. The van der Waals surface area contributed by atoms with E-state index >= 15 is 0 Å². The van der Waals surface area contributed by atoms with Crippen LogP contribution in [0.5, 0.6) is 0 Å². The largest absolute Gasteiger partial charge is 0.353 e. The second-order valence-corrected chi connectivity index (χ2v) is 7.67. The maximum atomic E-state index is 3.72. The zero-order chi connectivity index (χ0) is 18.0. The van der Waals surface area contributed by atoms with Gasteiger partial charge in [0.1, 0.15) is 0 Å². The third kappa shape index (κ3) is 2.06. The molecule has 0 bridgehead atoms. The quantitative estimate of drug-likeness (QED) is 0.457. The van der Waals surface area contributed by atoms with E-state index < -0.39 is 0 Å². The van der Waals surface area contributed by atoms with Crippen LogP contribution in [0.3, 0.4) is 0 Å². The van der Waals surface area contributed by atoms with Gasteiger partial charge in [0.2, 0.25) is 0 Å². The Morgan fingerprint density at radius 2 is 1.67 bits per heavy atom. The van der Waals surface area contributed by atoms with Gasteiger partial charge < -0.3 is 14.9 Å². The molecule has 0 amide bonds. The van der Waals surface area contributed by atoms with Gasteiger partial charge in [0.15, 0.2) is 6.04 Å². The van der Waals surface area contributed by atoms with Gasteiger partial charge in [0.05, 0.1) is 12.2 Å². The van der Waals surface area contributed by atoms with Gasteiger partial charge in [-0.2, -0.15) is 0 Å². The van der Waals surface area contributed by atoms with Crippen molar-refractivity contribution in [2.75, 3.05) is 6.54 Å². The lowest BCUT2D eigenvalue weighted by Gasteiger charge is -2.21. The lowest BCUT2D eigenvalue weighted by molar-refractivity contribution is -0.690. The Hall–Kier alpha value is -3.04.